The molecule has 0 radical (unpaired) electrons. The molecule has 0 saturated carbocycles. The fraction of sp³-hybridized carbons (Fsp3) is 0. The summed E-state index contributed by atoms with van der Waals surface area (Å²) >= 11 is 2.95. The molecule has 0 atom stereocenters. The molecule has 0 aromatic heterocycles. The van der Waals surface area contributed by atoms with E-state index in [9.17, 15) is 13.6 Å². The lowest BCUT2D eigenvalue weighted by Gasteiger charge is -2.09. The quantitative estimate of drug-likeness (QED) is 0.848. The summed E-state index contributed by atoms with van der Waals surface area (Å²) in [5, 5.41) is 9.02. The predicted octanol–water partition coefficient (Wildman–Crippen LogP) is 4.09. The smallest absolute Gasteiger partial charge is 0.336 e. The highest BCUT2D eigenvalue weighted by Gasteiger charge is 2.19. The fourth-order valence-corrected chi connectivity index (χ4v) is 1.99. The highest BCUT2D eigenvalue weighted by atomic mass is 79.9. The zero-order valence-corrected chi connectivity index (χ0v) is 10.5. The van der Waals surface area contributed by atoms with Crippen molar-refractivity contribution in [3.63, 3.8) is 0 Å². The first-order valence-electron chi connectivity index (χ1n) is 4.98. The number of benzene rings is 2. The lowest BCUT2D eigenvalue weighted by atomic mass is 9.99. The van der Waals surface area contributed by atoms with Crippen LogP contribution in [0.4, 0.5) is 8.78 Å². The first-order valence-corrected chi connectivity index (χ1v) is 5.78. The minimum atomic E-state index is -1.23. The van der Waals surface area contributed by atoms with Crippen LogP contribution in [-0.2, 0) is 0 Å². The molecule has 0 aliphatic heterocycles. The SMILES string of the molecule is O=C(O)c1ccccc1-c1c(F)ccc(Br)c1F. The summed E-state index contributed by atoms with van der Waals surface area (Å²) in [6, 6.07) is 8.02. The maximum Gasteiger partial charge on any atom is 0.336 e. The van der Waals surface area contributed by atoms with E-state index in [0.717, 1.165) is 6.07 Å². The number of rotatable bonds is 2. The summed E-state index contributed by atoms with van der Waals surface area (Å²) in [6.07, 6.45) is 0. The molecular weight excluding hydrogens is 306 g/mol. The van der Waals surface area contributed by atoms with Gasteiger partial charge in [-0.15, -0.1) is 0 Å². The van der Waals surface area contributed by atoms with E-state index in [1.165, 1.54) is 30.3 Å². The van der Waals surface area contributed by atoms with Crippen molar-refractivity contribution in [1.29, 1.82) is 0 Å². The van der Waals surface area contributed by atoms with E-state index >= 15 is 0 Å². The summed E-state index contributed by atoms with van der Waals surface area (Å²) in [4.78, 5) is 11.0. The van der Waals surface area contributed by atoms with Gasteiger partial charge < -0.3 is 5.11 Å². The Balaban J connectivity index is 2.77. The molecule has 0 spiro atoms. The largest absolute Gasteiger partial charge is 0.478 e. The predicted molar refractivity (Wildman–Crippen MR) is 66.5 cm³/mol. The van der Waals surface area contributed by atoms with Gasteiger partial charge in [0.15, 0.2) is 0 Å². The number of hydrogen-bond acceptors (Lipinski definition) is 1. The first kappa shape index (κ1) is 12.7. The van der Waals surface area contributed by atoms with Gasteiger partial charge in [0.2, 0.25) is 0 Å². The van der Waals surface area contributed by atoms with Gasteiger partial charge in [-0.05, 0) is 34.1 Å². The number of halogens is 3. The van der Waals surface area contributed by atoms with Crippen LogP contribution in [0.25, 0.3) is 11.1 Å². The molecule has 0 fully saturated rings. The molecule has 18 heavy (non-hydrogen) atoms. The van der Waals surface area contributed by atoms with Gasteiger partial charge in [-0.25, -0.2) is 13.6 Å². The van der Waals surface area contributed by atoms with Crippen LogP contribution in [0.3, 0.4) is 0 Å². The molecular formula is C13H7BrF2O2. The Hall–Kier alpha value is -1.75. The molecule has 2 aromatic rings. The number of carboxylic acids is 1. The zero-order chi connectivity index (χ0) is 13.3. The number of carboxylic acid groups (broad SMARTS) is 1. The number of hydrogen-bond donors (Lipinski definition) is 1. The Morgan fingerprint density at radius 2 is 1.78 bits per heavy atom. The standard InChI is InChI=1S/C13H7BrF2O2/c14-9-5-6-10(15)11(12(9)16)7-3-1-2-4-8(7)13(17)18/h1-6H,(H,17,18). The molecule has 0 bridgehead atoms. The molecule has 0 aliphatic rings. The van der Waals surface area contributed by atoms with Crippen molar-refractivity contribution in [3.05, 3.63) is 58.1 Å². The van der Waals surface area contributed by atoms with E-state index in [0.29, 0.717) is 0 Å². The Kier molecular flexibility index (Phi) is 3.43. The molecule has 0 unspecified atom stereocenters. The van der Waals surface area contributed by atoms with Crippen molar-refractivity contribution in [1.82, 2.24) is 0 Å². The maximum absolute atomic E-state index is 13.9. The van der Waals surface area contributed by atoms with Crippen LogP contribution < -0.4 is 0 Å². The Labute approximate surface area is 110 Å². The van der Waals surface area contributed by atoms with Gasteiger partial charge in [-0.3, -0.25) is 0 Å². The lowest BCUT2D eigenvalue weighted by molar-refractivity contribution is 0.0697. The number of carbonyl (C=O) groups is 1. The number of aromatic carboxylic acids is 1. The molecule has 1 N–H and O–H groups in total. The van der Waals surface area contributed by atoms with Crippen molar-refractivity contribution >= 4 is 21.9 Å². The van der Waals surface area contributed by atoms with E-state index in [1.54, 1.807) is 0 Å². The zero-order valence-electron chi connectivity index (χ0n) is 8.95. The van der Waals surface area contributed by atoms with E-state index in [4.69, 9.17) is 5.11 Å². The third-order valence-corrected chi connectivity index (χ3v) is 3.08. The highest BCUT2D eigenvalue weighted by molar-refractivity contribution is 9.10. The summed E-state index contributed by atoms with van der Waals surface area (Å²) in [5.74, 6) is -2.85. The van der Waals surface area contributed by atoms with Crippen molar-refractivity contribution < 1.29 is 18.7 Å². The summed E-state index contributed by atoms with van der Waals surface area (Å²) in [7, 11) is 0. The van der Waals surface area contributed by atoms with Crippen molar-refractivity contribution in [2.75, 3.05) is 0 Å². The van der Waals surface area contributed by atoms with Gasteiger partial charge in [0.05, 0.1) is 15.6 Å². The van der Waals surface area contributed by atoms with Crippen LogP contribution in [0.1, 0.15) is 10.4 Å². The van der Waals surface area contributed by atoms with Crippen LogP contribution in [0.5, 0.6) is 0 Å². The summed E-state index contributed by atoms with van der Waals surface area (Å²) in [5.41, 5.74) is -0.475. The Morgan fingerprint density at radius 1 is 1.11 bits per heavy atom. The lowest BCUT2D eigenvalue weighted by Crippen LogP contribution is -2.02. The molecule has 0 saturated heterocycles. The van der Waals surface area contributed by atoms with Gasteiger partial charge >= 0.3 is 5.97 Å². The molecule has 92 valence electrons. The maximum atomic E-state index is 13.9. The molecule has 0 aliphatic carbocycles. The van der Waals surface area contributed by atoms with Gasteiger partial charge in [0.25, 0.3) is 0 Å². The van der Waals surface area contributed by atoms with E-state index in [2.05, 4.69) is 15.9 Å². The molecule has 2 nitrogen and oxygen atoms in total. The van der Waals surface area contributed by atoms with Crippen LogP contribution >= 0.6 is 15.9 Å². The van der Waals surface area contributed by atoms with Gasteiger partial charge in [0, 0.05) is 5.56 Å². The first-order chi connectivity index (χ1) is 8.52. The summed E-state index contributed by atoms with van der Waals surface area (Å²) in [6.45, 7) is 0. The van der Waals surface area contributed by atoms with Crippen LogP contribution in [0, 0.1) is 11.6 Å². The molecule has 0 heterocycles. The van der Waals surface area contributed by atoms with Crippen molar-refractivity contribution in [3.8, 4) is 11.1 Å². The van der Waals surface area contributed by atoms with Gasteiger partial charge in [0.1, 0.15) is 11.6 Å². The highest BCUT2D eigenvalue weighted by Crippen LogP contribution is 2.32. The van der Waals surface area contributed by atoms with Gasteiger partial charge in [-0.1, -0.05) is 18.2 Å². The summed E-state index contributed by atoms with van der Waals surface area (Å²) < 4.78 is 27.7. The average Bonchev–Trinajstić information content (AvgIpc) is 2.35. The van der Waals surface area contributed by atoms with Crippen LogP contribution in [0.15, 0.2) is 40.9 Å². The molecule has 0 amide bonds. The second-order valence-corrected chi connectivity index (χ2v) is 4.42. The van der Waals surface area contributed by atoms with Crippen LogP contribution in [0.2, 0.25) is 0 Å². The Morgan fingerprint density at radius 3 is 2.44 bits per heavy atom. The second-order valence-electron chi connectivity index (χ2n) is 3.57. The Bertz CT molecular complexity index is 626. The van der Waals surface area contributed by atoms with Crippen molar-refractivity contribution in [2.45, 2.75) is 0 Å². The average molecular weight is 313 g/mol. The molecule has 2 aromatic carbocycles. The third-order valence-electron chi connectivity index (χ3n) is 2.47. The minimum absolute atomic E-state index is 0.0151. The van der Waals surface area contributed by atoms with Crippen LogP contribution in [-0.4, -0.2) is 11.1 Å². The molecule has 2 rings (SSSR count). The van der Waals surface area contributed by atoms with Gasteiger partial charge in [-0.2, -0.15) is 0 Å². The van der Waals surface area contributed by atoms with E-state index in [-0.39, 0.29) is 21.2 Å². The monoisotopic (exact) mass is 312 g/mol. The second kappa shape index (κ2) is 4.86. The topological polar surface area (TPSA) is 37.3 Å². The normalized spacial score (nSPS) is 10.4. The fourth-order valence-electron chi connectivity index (χ4n) is 1.66. The minimum Gasteiger partial charge on any atom is -0.478 e. The third kappa shape index (κ3) is 2.13. The molecule has 5 heteroatoms. The van der Waals surface area contributed by atoms with Crippen molar-refractivity contribution in [2.24, 2.45) is 0 Å². The van der Waals surface area contributed by atoms with E-state index in [1.807, 2.05) is 0 Å². The van der Waals surface area contributed by atoms with E-state index < -0.39 is 17.6 Å².